The minimum absolute atomic E-state index is 0.0792. The maximum absolute atomic E-state index is 12.9. The summed E-state index contributed by atoms with van der Waals surface area (Å²) in [4.78, 5) is 18.4. The predicted octanol–water partition coefficient (Wildman–Crippen LogP) is 4.88. The highest BCUT2D eigenvalue weighted by atomic mass is 32.1. The van der Waals surface area contributed by atoms with Gasteiger partial charge in [-0.2, -0.15) is 0 Å². The second-order valence-electron chi connectivity index (χ2n) is 5.81. The number of amides is 1. The number of aryl methyl sites for hydroxylation is 2. The van der Waals surface area contributed by atoms with Gasteiger partial charge in [0.05, 0.1) is 4.88 Å². The number of benzene rings is 1. The van der Waals surface area contributed by atoms with Gasteiger partial charge in [0.2, 0.25) is 5.88 Å². The van der Waals surface area contributed by atoms with Gasteiger partial charge in [-0.25, -0.2) is 9.37 Å². The third-order valence-corrected chi connectivity index (χ3v) is 5.23. The Kier molecular flexibility index (Phi) is 5.63. The first-order valence-electron chi connectivity index (χ1n) is 8.31. The number of aromatic nitrogens is 1. The summed E-state index contributed by atoms with van der Waals surface area (Å²) in [5.41, 5.74) is 2.03. The molecule has 6 heteroatoms. The van der Waals surface area contributed by atoms with Crippen molar-refractivity contribution in [3.63, 3.8) is 0 Å². The topological polar surface area (TPSA) is 51.2 Å². The van der Waals surface area contributed by atoms with E-state index in [9.17, 15) is 9.18 Å². The fourth-order valence-electron chi connectivity index (χ4n) is 2.45. The molecule has 0 saturated carbocycles. The number of carbonyl (C=O) groups is 1. The van der Waals surface area contributed by atoms with Gasteiger partial charge in [0.1, 0.15) is 11.6 Å². The summed E-state index contributed by atoms with van der Waals surface area (Å²) in [7, 11) is 0. The number of nitrogens with zero attached hydrogens (tertiary/aromatic N) is 1. The van der Waals surface area contributed by atoms with E-state index in [1.165, 1.54) is 28.3 Å². The van der Waals surface area contributed by atoms with E-state index in [1.807, 2.05) is 19.1 Å². The lowest BCUT2D eigenvalue weighted by Crippen LogP contribution is -2.21. The van der Waals surface area contributed by atoms with Crippen molar-refractivity contribution in [1.82, 2.24) is 10.3 Å². The van der Waals surface area contributed by atoms with Crippen LogP contribution in [-0.4, -0.2) is 10.9 Å². The zero-order chi connectivity index (χ0) is 18.5. The largest absolute Gasteiger partial charge is 0.439 e. The number of carbonyl (C=O) groups excluding carboxylic acids is 1. The molecule has 1 aromatic carbocycles. The van der Waals surface area contributed by atoms with Crippen molar-refractivity contribution in [3.8, 4) is 11.6 Å². The molecule has 134 valence electrons. The van der Waals surface area contributed by atoms with Crippen molar-refractivity contribution in [2.75, 3.05) is 0 Å². The van der Waals surface area contributed by atoms with E-state index in [1.54, 1.807) is 24.4 Å². The van der Waals surface area contributed by atoms with E-state index in [0.717, 1.165) is 22.4 Å². The van der Waals surface area contributed by atoms with Crippen molar-refractivity contribution in [3.05, 3.63) is 75.4 Å². The van der Waals surface area contributed by atoms with Crippen LogP contribution in [0.5, 0.6) is 11.6 Å². The number of pyridine rings is 1. The highest BCUT2D eigenvalue weighted by Crippen LogP contribution is 2.22. The number of nitrogens with one attached hydrogen (secondary N) is 1. The quantitative estimate of drug-likeness (QED) is 0.673. The zero-order valence-corrected chi connectivity index (χ0v) is 15.4. The van der Waals surface area contributed by atoms with Crippen molar-refractivity contribution in [1.29, 1.82) is 0 Å². The summed E-state index contributed by atoms with van der Waals surface area (Å²) in [6.45, 7) is 4.50. The lowest BCUT2D eigenvalue weighted by molar-refractivity contribution is 0.0955. The van der Waals surface area contributed by atoms with Crippen LogP contribution in [0.25, 0.3) is 0 Å². The highest BCUT2D eigenvalue weighted by Gasteiger charge is 2.11. The minimum atomic E-state index is -0.316. The third kappa shape index (κ3) is 4.46. The second-order valence-corrected chi connectivity index (χ2v) is 6.95. The van der Waals surface area contributed by atoms with Crippen molar-refractivity contribution in [2.24, 2.45) is 0 Å². The summed E-state index contributed by atoms with van der Waals surface area (Å²) >= 11 is 1.53. The average molecular weight is 370 g/mol. The molecule has 0 aliphatic heterocycles. The van der Waals surface area contributed by atoms with Gasteiger partial charge in [-0.3, -0.25) is 4.79 Å². The first kappa shape index (κ1) is 18.1. The standard InChI is InChI=1S/C20H19FN2O2S/c1-3-17-13(2)10-18(26-17)20(24)23-12-14-4-9-19(22-11-14)25-16-7-5-15(21)6-8-16/h4-11H,3,12H2,1-2H3,(H,23,24). The van der Waals surface area contributed by atoms with Crippen molar-refractivity contribution in [2.45, 2.75) is 26.8 Å². The van der Waals surface area contributed by atoms with E-state index in [0.29, 0.717) is 18.2 Å². The van der Waals surface area contributed by atoms with Crippen LogP contribution in [-0.2, 0) is 13.0 Å². The molecular weight excluding hydrogens is 351 g/mol. The van der Waals surface area contributed by atoms with Crippen LogP contribution in [0.3, 0.4) is 0 Å². The Bertz CT molecular complexity index is 889. The fraction of sp³-hybridized carbons (Fsp3) is 0.200. The third-order valence-electron chi connectivity index (χ3n) is 3.85. The summed E-state index contributed by atoms with van der Waals surface area (Å²) in [6, 6.07) is 11.2. The van der Waals surface area contributed by atoms with Crippen LogP contribution in [0, 0.1) is 12.7 Å². The van der Waals surface area contributed by atoms with Gasteiger partial charge in [-0.15, -0.1) is 11.3 Å². The van der Waals surface area contributed by atoms with Gasteiger partial charge in [0.15, 0.2) is 0 Å². The molecule has 0 aliphatic rings. The second kappa shape index (κ2) is 8.10. The number of hydrogen-bond donors (Lipinski definition) is 1. The van der Waals surface area contributed by atoms with Crippen LogP contribution in [0.2, 0.25) is 0 Å². The molecule has 2 heterocycles. The normalized spacial score (nSPS) is 10.6. The zero-order valence-electron chi connectivity index (χ0n) is 14.6. The Hall–Kier alpha value is -2.73. The number of hydrogen-bond acceptors (Lipinski definition) is 4. The molecule has 4 nitrogen and oxygen atoms in total. The van der Waals surface area contributed by atoms with Gasteiger partial charge in [-0.1, -0.05) is 13.0 Å². The van der Waals surface area contributed by atoms with Gasteiger partial charge >= 0.3 is 0 Å². The molecule has 0 bridgehead atoms. The SMILES string of the molecule is CCc1sc(C(=O)NCc2ccc(Oc3ccc(F)cc3)nc2)cc1C. The summed E-state index contributed by atoms with van der Waals surface area (Å²) in [5, 5.41) is 2.90. The molecule has 26 heavy (non-hydrogen) atoms. The first-order valence-corrected chi connectivity index (χ1v) is 9.12. The summed E-state index contributed by atoms with van der Waals surface area (Å²) in [6.07, 6.45) is 2.58. The fourth-order valence-corrected chi connectivity index (χ4v) is 3.48. The van der Waals surface area contributed by atoms with Crippen LogP contribution >= 0.6 is 11.3 Å². The molecule has 1 amide bonds. The Morgan fingerprint density at radius 1 is 1.23 bits per heavy atom. The van der Waals surface area contributed by atoms with Crippen LogP contribution < -0.4 is 10.1 Å². The van der Waals surface area contributed by atoms with Crippen LogP contribution in [0.4, 0.5) is 4.39 Å². The molecular formula is C20H19FN2O2S. The van der Waals surface area contributed by atoms with Gasteiger partial charge in [-0.05, 0) is 54.8 Å². The minimum Gasteiger partial charge on any atom is -0.439 e. The molecule has 2 aromatic heterocycles. The van der Waals surface area contributed by atoms with Crippen molar-refractivity contribution < 1.29 is 13.9 Å². The molecule has 0 fully saturated rings. The highest BCUT2D eigenvalue weighted by molar-refractivity contribution is 7.14. The summed E-state index contributed by atoms with van der Waals surface area (Å²) in [5.74, 6) is 0.528. The molecule has 0 spiro atoms. The Morgan fingerprint density at radius 3 is 2.62 bits per heavy atom. The molecule has 0 aliphatic carbocycles. The van der Waals surface area contributed by atoms with E-state index in [4.69, 9.17) is 4.74 Å². The molecule has 0 unspecified atom stereocenters. The molecule has 3 rings (SSSR count). The van der Waals surface area contributed by atoms with E-state index in [-0.39, 0.29) is 11.7 Å². The van der Waals surface area contributed by atoms with Gasteiger partial charge < -0.3 is 10.1 Å². The lowest BCUT2D eigenvalue weighted by Gasteiger charge is -2.06. The molecule has 0 saturated heterocycles. The number of ether oxygens (including phenoxy) is 1. The Labute approximate surface area is 155 Å². The average Bonchev–Trinajstić information content (AvgIpc) is 3.04. The van der Waals surface area contributed by atoms with Gasteiger partial charge in [0.25, 0.3) is 5.91 Å². The molecule has 0 radical (unpaired) electrons. The first-order chi connectivity index (χ1) is 12.5. The van der Waals surface area contributed by atoms with Crippen LogP contribution in [0.1, 0.15) is 32.6 Å². The number of rotatable bonds is 6. The summed E-state index contributed by atoms with van der Waals surface area (Å²) < 4.78 is 18.4. The molecule has 3 aromatic rings. The molecule has 1 N–H and O–H groups in total. The Balaban J connectivity index is 1.56. The smallest absolute Gasteiger partial charge is 0.261 e. The maximum Gasteiger partial charge on any atom is 0.261 e. The van der Waals surface area contributed by atoms with Crippen LogP contribution in [0.15, 0.2) is 48.7 Å². The molecule has 0 atom stereocenters. The number of halogens is 1. The van der Waals surface area contributed by atoms with E-state index >= 15 is 0 Å². The number of thiophene rings is 1. The van der Waals surface area contributed by atoms with E-state index in [2.05, 4.69) is 17.2 Å². The predicted molar refractivity (Wildman–Crippen MR) is 100 cm³/mol. The maximum atomic E-state index is 12.9. The van der Waals surface area contributed by atoms with E-state index < -0.39 is 0 Å². The Morgan fingerprint density at radius 2 is 2.00 bits per heavy atom. The monoisotopic (exact) mass is 370 g/mol. The lowest BCUT2D eigenvalue weighted by atomic mass is 10.2. The van der Waals surface area contributed by atoms with Crippen molar-refractivity contribution >= 4 is 17.2 Å². The van der Waals surface area contributed by atoms with Gasteiger partial charge in [0, 0.05) is 23.7 Å².